The van der Waals surface area contributed by atoms with Crippen LogP contribution in [0.15, 0.2) is 66.7 Å². The van der Waals surface area contributed by atoms with Crippen molar-refractivity contribution in [2.24, 2.45) is 0 Å². The molecule has 0 bridgehead atoms. The van der Waals surface area contributed by atoms with Crippen molar-refractivity contribution in [3.05, 3.63) is 83.7 Å². The Morgan fingerprint density at radius 3 is 2.12 bits per heavy atom. The summed E-state index contributed by atoms with van der Waals surface area (Å²) in [5, 5.41) is 19.0. The van der Waals surface area contributed by atoms with Crippen molar-refractivity contribution in [1.82, 2.24) is 20.0 Å². The zero-order chi connectivity index (χ0) is 22.7. The summed E-state index contributed by atoms with van der Waals surface area (Å²) in [6.45, 7) is 3.92. The smallest absolute Gasteiger partial charge is 0.255 e. The highest BCUT2D eigenvalue weighted by Gasteiger charge is 2.08. The summed E-state index contributed by atoms with van der Waals surface area (Å²) in [6, 6.07) is 20.6. The first-order valence-electron chi connectivity index (χ1n) is 10.2. The second kappa shape index (κ2) is 8.89. The van der Waals surface area contributed by atoms with Gasteiger partial charge in [-0.3, -0.25) is 4.79 Å². The lowest BCUT2D eigenvalue weighted by Gasteiger charge is -2.13. The number of amides is 1. The summed E-state index contributed by atoms with van der Waals surface area (Å²) in [5.41, 5.74) is 5.14. The average molecular weight is 428 g/mol. The number of hydrogen-bond donors (Lipinski definition) is 2. The number of rotatable bonds is 6. The van der Waals surface area contributed by atoms with E-state index in [0.29, 0.717) is 22.9 Å². The van der Waals surface area contributed by atoms with Crippen LogP contribution in [0.25, 0.3) is 5.82 Å². The van der Waals surface area contributed by atoms with Gasteiger partial charge in [0.15, 0.2) is 11.6 Å². The molecule has 4 rings (SSSR count). The Hall–Kier alpha value is -4.20. The van der Waals surface area contributed by atoms with Gasteiger partial charge < -0.3 is 15.5 Å². The van der Waals surface area contributed by atoms with E-state index >= 15 is 0 Å². The first-order valence-corrected chi connectivity index (χ1v) is 10.2. The molecular weight excluding hydrogens is 402 g/mol. The molecule has 0 spiro atoms. The first-order chi connectivity index (χ1) is 15.4. The second-order valence-electron chi connectivity index (χ2n) is 7.71. The first kappa shape index (κ1) is 21.0. The molecule has 0 radical (unpaired) electrons. The molecule has 2 heterocycles. The minimum Gasteiger partial charge on any atom is -0.378 e. The van der Waals surface area contributed by atoms with E-state index in [2.05, 4.69) is 25.9 Å². The molecule has 0 atom stereocenters. The van der Waals surface area contributed by atoms with Gasteiger partial charge in [-0.1, -0.05) is 0 Å². The number of aryl methyl sites for hydroxylation is 2. The lowest BCUT2D eigenvalue weighted by Crippen LogP contribution is -2.13. The Bertz CT molecular complexity index is 1210. The minimum atomic E-state index is -0.151. The van der Waals surface area contributed by atoms with Gasteiger partial charge in [0.25, 0.3) is 5.91 Å². The van der Waals surface area contributed by atoms with Gasteiger partial charge in [-0.15, -0.1) is 10.2 Å². The van der Waals surface area contributed by atoms with E-state index < -0.39 is 0 Å². The summed E-state index contributed by atoms with van der Waals surface area (Å²) >= 11 is 0. The molecule has 8 nitrogen and oxygen atoms in total. The van der Waals surface area contributed by atoms with Gasteiger partial charge in [-0.25, -0.2) is 4.68 Å². The third kappa shape index (κ3) is 4.75. The third-order valence-corrected chi connectivity index (χ3v) is 4.94. The number of carbonyl (C=O) groups is 1. The van der Waals surface area contributed by atoms with Crippen LogP contribution >= 0.6 is 0 Å². The molecular formula is C24H25N7O. The van der Waals surface area contributed by atoms with Crippen LogP contribution in [0.3, 0.4) is 0 Å². The van der Waals surface area contributed by atoms with Crippen LogP contribution in [0.5, 0.6) is 0 Å². The number of hydrogen-bond acceptors (Lipinski definition) is 6. The summed E-state index contributed by atoms with van der Waals surface area (Å²) in [5.74, 6) is 1.13. The van der Waals surface area contributed by atoms with Crippen LogP contribution in [0.1, 0.15) is 21.7 Å². The molecule has 8 heteroatoms. The minimum absolute atomic E-state index is 0.151. The quantitative estimate of drug-likeness (QED) is 0.476. The Morgan fingerprint density at radius 1 is 0.875 bits per heavy atom. The number of nitrogens with zero attached hydrogens (tertiary/aromatic N) is 5. The van der Waals surface area contributed by atoms with E-state index in [0.717, 1.165) is 22.8 Å². The van der Waals surface area contributed by atoms with Gasteiger partial charge in [0.05, 0.1) is 5.69 Å². The maximum Gasteiger partial charge on any atom is 0.255 e. The molecule has 0 aliphatic carbocycles. The molecule has 0 saturated heterocycles. The molecule has 0 aliphatic rings. The Morgan fingerprint density at radius 2 is 1.56 bits per heavy atom. The van der Waals surface area contributed by atoms with Crippen molar-refractivity contribution in [3.63, 3.8) is 0 Å². The zero-order valence-electron chi connectivity index (χ0n) is 18.5. The van der Waals surface area contributed by atoms with Crippen molar-refractivity contribution in [2.45, 2.75) is 13.8 Å². The van der Waals surface area contributed by atoms with Crippen LogP contribution in [0.2, 0.25) is 0 Å². The second-order valence-corrected chi connectivity index (χ2v) is 7.71. The van der Waals surface area contributed by atoms with Gasteiger partial charge in [-0.2, -0.15) is 5.10 Å². The van der Waals surface area contributed by atoms with Crippen molar-refractivity contribution < 1.29 is 4.79 Å². The fraction of sp³-hybridized carbons (Fsp3) is 0.167. The average Bonchev–Trinajstić information content (AvgIpc) is 3.13. The zero-order valence-corrected chi connectivity index (χ0v) is 18.5. The molecule has 162 valence electrons. The Labute approximate surface area is 186 Å². The SMILES string of the molecule is Cc1cc(C)n(-c2ccc(Nc3ccc(NC(=O)c4ccc(N(C)C)cc4)cc3)nn2)n1. The van der Waals surface area contributed by atoms with E-state index in [1.165, 1.54) is 0 Å². The van der Waals surface area contributed by atoms with E-state index in [1.807, 2.05) is 99.6 Å². The third-order valence-electron chi connectivity index (χ3n) is 4.94. The highest BCUT2D eigenvalue weighted by Crippen LogP contribution is 2.19. The predicted octanol–water partition coefficient (Wildman–Crippen LogP) is 4.34. The van der Waals surface area contributed by atoms with Crippen molar-refractivity contribution in [1.29, 1.82) is 0 Å². The molecule has 4 aromatic rings. The van der Waals surface area contributed by atoms with Crippen molar-refractivity contribution in [2.75, 3.05) is 29.6 Å². The van der Waals surface area contributed by atoms with E-state index in [1.54, 1.807) is 4.68 Å². The molecule has 1 amide bonds. The highest BCUT2D eigenvalue weighted by atomic mass is 16.1. The topological polar surface area (TPSA) is 88.0 Å². The lowest BCUT2D eigenvalue weighted by molar-refractivity contribution is 0.102. The molecule has 32 heavy (non-hydrogen) atoms. The van der Waals surface area contributed by atoms with Gasteiger partial charge >= 0.3 is 0 Å². The monoisotopic (exact) mass is 427 g/mol. The molecule has 2 N–H and O–H groups in total. The van der Waals surface area contributed by atoms with Gasteiger partial charge in [0.1, 0.15) is 0 Å². The Balaban J connectivity index is 1.38. The Kier molecular flexibility index (Phi) is 5.85. The lowest BCUT2D eigenvalue weighted by atomic mass is 10.2. The molecule has 0 saturated carbocycles. The molecule has 0 unspecified atom stereocenters. The number of carbonyl (C=O) groups excluding carboxylic acids is 1. The van der Waals surface area contributed by atoms with Crippen LogP contribution in [0, 0.1) is 13.8 Å². The summed E-state index contributed by atoms with van der Waals surface area (Å²) in [7, 11) is 3.93. The normalized spacial score (nSPS) is 10.6. The van der Waals surface area contributed by atoms with E-state index in [-0.39, 0.29) is 5.91 Å². The standard InChI is InChI=1S/C24H25N7O/c1-16-15-17(2)31(29-16)23-14-13-22(27-28-23)25-19-7-9-20(10-8-19)26-24(32)18-5-11-21(12-6-18)30(3)4/h5-15H,1-4H3,(H,25,27)(H,26,32). The van der Waals surface area contributed by atoms with Crippen LogP contribution < -0.4 is 15.5 Å². The fourth-order valence-electron chi connectivity index (χ4n) is 3.26. The maximum atomic E-state index is 12.5. The summed E-state index contributed by atoms with van der Waals surface area (Å²) in [4.78, 5) is 14.5. The van der Waals surface area contributed by atoms with E-state index in [9.17, 15) is 4.79 Å². The van der Waals surface area contributed by atoms with Crippen LogP contribution in [-0.2, 0) is 0 Å². The summed E-state index contributed by atoms with van der Waals surface area (Å²) < 4.78 is 1.76. The molecule has 0 fully saturated rings. The van der Waals surface area contributed by atoms with Gasteiger partial charge in [-0.05, 0) is 80.6 Å². The summed E-state index contributed by atoms with van der Waals surface area (Å²) in [6.07, 6.45) is 0. The maximum absolute atomic E-state index is 12.5. The highest BCUT2D eigenvalue weighted by molar-refractivity contribution is 6.04. The molecule has 2 aromatic heterocycles. The number of anilines is 4. The fourth-order valence-corrected chi connectivity index (χ4v) is 3.26. The number of aromatic nitrogens is 4. The molecule has 2 aromatic carbocycles. The van der Waals surface area contributed by atoms with Crippen molar-refractivity contribution in [3.8, 4) is 5.82 Å². The molecule has 0 aliphatic heterocycles. The van der Waals surface area contributed by atoms with E-state index in [4.69, 9.17) is 0 Å². The van der Waals surface area contributed by atoms with Crippen LogP contribution in [0.4, 0.5) is 22.9 Å². The number of benzene rings is 2. The van der Waals surface area contributed by atoms with Gasteiger partial charge in [0, 0.05) is 42.4 Å². The van der Waals surface area contributed by atoms with Crippen LogP contribution in [-0.4, -0.2) is 40.0 Å². The largest absolute Gasteiger partial charge is 0.378 e. The predicted molar refractivity (Wildman–Crippen MR) is 127 cm³/mol. The number of nitrogens with one attached hydrogen (secondary N) is 2. The van der Waals surface area contributed by atoms with Crippen molar-refractivity contribution >= 4 is 28.8 Å². The van der Waals surface area contributed by atoms with Gasteiger partial charge in [0.2, 0.25) is 0 Å².